The molecule has 0 aliphatic carbocycles. The molecule has 0 bridgehead atoms. The highest BCUT2D eigenvalue weighted by Crippen LogP contribution is 2.27. The van der Waals surface area contributed by atoms with Crippen molar-refractivity contribution in [2.24, 2.45) is 0 Å². The number of benzene rings is 1. The maximum atomic E-state index is 12.7. The van der Waals surface area contributed by atoms with Gasteiger partial charge in [0.2, 0.25) is 0 Å². The second-order valence-electron chi connectivity index (χ2n) is 7.44. The van der Waals surface area contributed by atoms with Crippen LogP contribution in [0, 0.1) is 0 Å². The Hall–Kier alpha value is -1.92. The summed E-state index contributed by atoms with van der Waals surface area (Å²) in [6.07, 6.45) is 5.83. The zero-order valence-corrected chi connectivity index (χ0v) is 16.3. The van der Waals surface area contributed by atoms with Crippen LogP contribution in [0.15, 0.2) is 41.6 Å². The molecule has 0 spiro atoms. The highest BCUT2D eigenvalue weighted by Gasteiger charge is 2.19. The van der Waals surface area contributed by atoms with Crippen LogP contribution in [0.2, 0.25) is 0 Å². The molecule has 1 aromatic heterocycles. The van der Waals surface area contributed by atoms with Crippen LogP contribution in [0.3, 0.4) is 0 Å². The summed E-state index contributed by atoms with van der Waals surface area (Å²) >= 11 is 1.67. The van der Waals surface area contributed by atoms with Crippen molar-refractivity contribution in [3.8, 4) is 0 Å². The molecule has 1 aliphatic rings. The minimum Gasteiger partial charge on any atom is -0.377 e. The number of carbonyl (C=O) groups excluding carboxylic acids is 1. The SMILES string of the molecule is CC(C)(C)c1ncc(NC(=O)c2ccccc2SCC2CCCO2)cn1. The molecule has 1 amide bonds. The van der Waals surface area contributed by atoms with Gasteiger partial charge in [0.25, 0.3) is 5.91 Å². The van der Waals surface area contributed by atoms with Crippen LogP contribution in [0.1, 0.15) is 49.8 Å². The van der Waals surface area contributed by atoms with E-state index >= 15 is 0 Å². The van der Waals surface area contributed by atoms with Gasteiger partial charge in [0, 0.05) is 22.7 Å². The van der Waals surface area contributed by atoms with Crippen LogP contribution in [-0.4, -0.2) is 34.3 Å². The average molecular weight is 372 g/mol. The molecule has 5 nitrogen and oxygen atoms in total. The molecule has 1 fully saturated rings. The van der Waals surface area contributed by atoms with Crippen LogP contribution < -0.4 is 5.32 Å². The fraction of sp³-hybridized carbons (Fsp3) is 0.450. The number of thioether (sulfide) groups is 1. The van der Waals surface area contributed by atoms with Crippen LogP contribution in [0.25, 0.3) is 0 Å². The van der Waals surface area contributed by atoms with E-state index in [1.54, 1.807) is 24.2 Å². The van der Waals surface area contributed by atoms with Gasteiger partial charge in [-0.3, -0.25) is 4.79 Å². The van der Waals surface area contributed by atoms with E-state index in [-0.39, 0.29) is 17.4 Å². The second-order valence-corrected chi connectivity index (χ2v) is 8.50. The number of anilines is 1. The lowest BCUT2D eigenvalue weighted by Gasteiger charge is -2.16. The number of hydrogen-bond donors (Lipinski definition) is 1. The Morgan fingerprint density at radius 1 is 1.27 bits per heavy atom. The van der Waals surface area contributed by atoms with Gasteiger partial charge in [-0.05, 0) is 25.0 Å². The zero-order chi connectivity index (χ0) is 18.6. The summed E-state index contributed by atoms with van der Waals surface area (Å²) in [6.45, 7) is 7.02. The molecular weight excluding hydrogens is 346 g/mol. The Morgan fingerprint density at radius 3 is 2.65 bits per heavy atom. The van der Waals surface area contributed by atoms with Crippen molar-refractivity contribution >= 4 is 23.4 Å². The van der Waals surface area contributed by atoms with Crippen molar-refractivity contribution in [2.45, 2.75) is 50.0 Å². The molecular formula is C20H25N3O2S. The number of carbonyl (C=O) groups is 1. The van der Waals surface area contributed by atoms with Gasteiger partial charge in [-0.15, -0.1) is 11.8 Å². The van der Waals surface area contributed by atoms with Gasteiger partial charge in [-0.2, -0.15) is 0 Å². The summed E-state index contributed by atoms with van der Waals surface area (Å²) in [5.74, 6) is 1.48. The van der Waals surface area contributed by atoms with Crippen LogP contribution >= 0.6 is 11.8 Å². The average Bonchev–Trinajstić information content (AvgIpc) is 3.13. The van der Waals surface area contributed by atoms with E-state index in [0.29, 0.717) is 11.3 Å². The lowest BCUT2D eigenvalue weighted by atomic mass is 9.96. The first-order valence-corrected chi connectivity index (χ1v) is 9.89. The van der Waals surface area contributed by atoms with E-state index in [2.05, 4.69) is 36.1 Å². The molecule has 2 heterocycles. The summed E-state index contributed by atoms with van der Waals surface area (Å²) in [5, 5.41) is 2.90. The summed E-state index contributed by atoms with van der Waals surface area (Å²) in [5.41, 5.74) is 1.14. The Bertz CT molecular complexity index is 750. The topological polar surface area (TPSA) is 64.1 Å². The first kappa shape index (κ1) is 18.9. The van der Waals surface area contributed by atoms with E-state index in [1.165, 1.54) is 0 Å². The van der Waals surface area contributed by atoms with Crippen molar-refractivity contribution in [2.75, 3.05) is 17.7 Å². The number of hydrogen-bond acceptors (Lipinski definition) is 5. The lowest BCUT2D eigenvalue weighted by Crippen LogP contribution is -2.18. The summed E-state index contributed by atoms with van der Waals surface area (Å²) in [4.78, 5) is 22.4. The third kappa shape index (κ3) is 4.83. The fourth-order valence-electron chi connectivity index (χ4n) is 2.72. The molecule has 0 radical (unpaired) electrons. The Morgan fingerprint density at radius 2 is 2.00 bits per heavy atom. The monoisotopic (exact) mass is 371 g/mol. The molecule has 1 saturated heterocycles. The standard InChI is InChI=1S/C20H25N3O2S/c1-20(2,3)19-21-11-14(12-22-19)23-18(24)16-8-4-5-9-17(16)26-13-15-7-6-10-25-15/h4-5,8-9,11-12,15H,6-7,10,13H2,1-3H3,(H,23,24). The third-order valence-electron chi connectivity index (χ3n) is 4.16. The number of nitrogens with zero attached hydrogens (tertiary/aromatic N) is 2. The normalized spacial score (nSPS) is 17.3. The van der Waals surface area contributed by atoms with Crippen molar-refractivity contribution in [3.63, 3.8) is 0 Å². The molecule has 138 valence electrons. The van der Waals surface area contributed by atoms with E-state index in [0.717, 1.165) is 35.9 Å². The molecule has 6 heteroatoms. The van der Waals surface area contributed by atoms with Gasteiger partial charge < -0.3 is 10.1 Å². The van der Waals surface area contributed by atoms with Crippen LogP contribution in [-0.2, 0) is 10.2 Å². The summed E-state index contributed by atoms with van der Waals surface area (Å²) in [6, 6.07) is 7.66. The Balaban J connectivity index is 1.67. The maximum absolute atomic E-state index is 12.7. The number of nitrogens with one attached hydrogen (secondary N) is 1. The third-order valence-corrected chi connectivity index (χ3v) is 5.37. The second kappa shape index (κ2) is 8.18. The molecule has 26 heavy (non-hydrogen) atoms. The van der Waals surface area contributed by atoms with Crippen molar-refractivity contribution in [1.29, 1.82) is 0 Å². The van der Waals surface area contributed by atoms with E-state index < -0.39 is 0 Å². The fourth-order valence-corrected chi connectivity index (χ4v) is 3.84. The molecule has 1 atom stereocenters. The number of ether oxygens (including phenoxy) is 1. The first-order valence-electron chi connectivity index (χ1n) is 8.91. The molecule has 2 aromatic rings. The molecule has 0 saturated carbocycles. The molecule has 1 aromatic carbocycles. The van der Waals surface area contributed by atoms with E-state index in [1.807, 2.05) is 24.3 Å². The van der Waals surface area contributed by atoms with E-state index in [9.17, 15) is 4.79 Å². The van der Waals surface area contributed by atoms with Gasteiger partial charge in [-0.1, -0.05) is 32.9 Å². The predicted molar refractivity (Wildman–Crippen MR) is 105 cm³/mol. The van der Waals surface area contributed by atoms with Gasteiger partial charge in [0.1, 0.15) is 5.82 Å². The van der Waals surface area contributed by atoms with Gasteiger partial charge in [0.05, 0.1) is 29.7 Å². The maximum Gasteiger partial charge on any atom is 0.256 e. The van der Waals surface area contributed by atoms with Crippen LogP contribution in [0.5, 0.6) is 0 Å². The Kier molecular flexibility index (Phi) is 5.94. The highest BCUT2D eigenvalue weighted by molar-refractivity contribution is 7.99. The summed E-state index contributed by atoms with van der Waals surface area (Å²) < 4.78 is 5.67. The molecule has 1 unspecified atom stereocenters. The van der Waals surface area contributed by atoms with Crippen LogP contribution in [0.4, 0.5) is 5.69 Å². The van der Waals surface area contributed by atoms with Crippen molar-refractivity contribution in [3.05, 3.63) is 48.0 Å². The minimum atomic E-state index is -0.146. The highest BCUT2D eigenvalue weighted by atomic mass is 32.2. The van der Waals surface area contributed by atoms with Gasteiger partial charge in [-0.25, -0.2) is 9.97 Å². The lowest BCUT2D eigenvalue weighted by molar-refractivity contribution is 0.102. The smallest absolute Gasteiger partial charge is 0.256 e. The predicted octanol–water partition coefficient (Wildman–Crippen LogP) is 4.30. The van der Waals surface area contributed by atoms with Gasteiger partial charge >= 0.3 is 0 Å². The van der Waals surface area contributed by atoms with Crippen molar-refractivity contribution < 1.29 is 9.53 Å². The molecule has 3 rings (SSSR count). The molecule has 1 N–H and O–H groups in total. The quantitative estimate of drug-likeness (QED) is 0.794. The zero-order valence-electron chi connectivity index (χ0n) is 15.5. The van der Waals surface area contributed by atoms with Crippen molar-refractivity contribution in [1.82, 2.24) is 9.97 Å². The van der Waals surface area contributed by atoms with Gasteiger partial charge in [0.15, 0.2) is 0 Å². The number of aromatic nitrogens is 2. The number of rotatable bonds is 5. The first-order chi connectivity index (χ1) is 12.4. The Labute approximate surface area is 159 Å². The minimum absolute atomic E-state index is 0.117. The largest absolute Gasteiger partial charge is 0.377 e. The number of amides is 1. The molecule has 1 aliphatic heterocycles. The van der Waals surface area contributed by atoms with E-state index in [4.69, 9.17) is 4.74 Å². The summed E-state index contributed by atoms with van der Waals surface area (Å²) in [7, 11) is 0.